The second-order valence-electron chi connectivity index (χ2n) is 9.39. The maximum atomic E-state index is 13.0. The lowest BCUT2D eigenvalue weighted by Gasteiger charge is -2.51. The Balaban J connectivity index is 1.60. The van der Waals surface area contributed by atoms with Crippen molar-refractivity contribution < 1.29 is 14.7 Å². The van der Waals surface area contributed by atoms with Crippen molar-refractivity contribution in [2.24, 2.45) is 17.3 Å². The number of carbonyl (C=O) groups excluding carboxylic acids is 2. The minimum absolute atomic E-state index is 0.0305. The Kier molecular flexibility index (Phi) is 6.59. The quantitative estimate of drug-likeness (QED) is 0.762. The zero-order valence-corrected chi connectivity index (χ0v) is 18.5. The van der Waals surface area contributed by atoms with Gasteiger partial charge in [0, 0.05) is 36.0 Å². The van der Waals surface area contributed by atoms with Crippen LogP contribution in [0.5, 0.6) is 0 Å². The van der Waals surface area contributed by atoms with Gasteiger partial charge in [-0.1, -0.05) is 57.3 Å². The fourth-order valence-electron chi connectivity index (χ4n) is 4.76. The van der Waals surface area contributed by atoms with Crippen molar-refractivity contribution in [1.29, 1.82) is 0 Å². The summed E-state index contributed by atoms with van der Waals surface area (Å²) in [5.74, 6) is -0.0559. The Morgan fingerprint density at radius 1 is 1.24 bits per heavy atom. The van der Waals surface area contributed by atoms with Crippen LogP contribution in [0, 0.1) is 17.3 Å². The van der Waals surface area contributed by atoms with Crippen LogP contribution in [0.2, 0.25) is 5.02 Å². The summed E-state index contributed by atoms with van der Waals surface area (Å²) in [5.41, 5.74) is -0.702. The normalized spacial score (nSPS) is 25.6. The summed E-state index contributed by atoms with van der Waals surface area (Å²) in [5, 5.41) is 15.1. The lowest BCUT2D eigenvalue weighted by atomic mass is 9.66. The summed E-state index contributed by atoms with van der Waals surface area (Å²) in [4.78, 5) is 27.1. The standard InChI is InChI=1S/C23H33ClN2O3/c1-16(14-25-20(27)17-6-4-5-7-17)21(28)26-13-12-23(29,22(2,3)15-26)18-8-10-19(24)11-9-18/h8-11,16-17,29H,4-7,12-15H2,1-3H3,(H,25,27)/t16-,23-/m0/s1. The molecule has 0 radical (unpaired) electrons. The van der Waals surface area contributed by atoms with Crippen molar-refractivity contribution in [2.45, 2.75) is 58.5 Å². The Labute approximate surface area is 178 Å². The second kappa shape index (κ2) is 8.65. The summed E-state index contributed by atoms with van der Waals surface area (Å²) < 4.78 is 0. The maximum absolute atomic E-state index is 13.0. The zero-order valence-electron chi connectivity index (χ0n) is 17.7. The Morgan fingerprint density at radius 3 is 2.45 bits per heavy atom. The monoisotopic (exact) mass is 420 g/mol. The molecule has 2 amide bonds. The number of benzene rings is 1. The van der Waals surface area contributed by atoms with Gasteiger partial charge in [0.2, 0.25) is 11.8 Å². The first-order valence-corrected chi connectivity index (χ1v) is 11.1. The molecule has 2 atom stereocenters. The molecule has 1 saturated carbocycles. The maximum Gasteiger partial charge on any atom is 0.227 e. The second-order valence-corrected chi connectivity index (χ2v) is 9.82. The number of amides is 2. The van der Waals surface area contributed by atoms with Crippen LogP contribution in [-0.2, 0) is 15.2 Å². The third kappa shape index (κ3) is 4.61. The number of carbonyl (C=O) groups is 2. The topological polar surface area (TPSA) is 69.6 Å². The fraction of sp³-hybridized carbons (Fsp3) is 0.652. The van der Waals surface area contributed by atoms with Gasteiger partial charge in [0.1, 0.15) is 0 Å². The van der Waals surface area contributed by atoms with Gasteiger partial charge in [-0.05, 0) is 37.0 Å². The van der Waals surface area contributed by atoms with Crippen molar-refractivity contribution >= 4 is 23.4 Å². The van der Waals surface area contributed by atoms with Crippen LogP contribution in [0.4, 0.5) is 0 Å². The zero-order chi connectivity index (χ0) is 21.2. The molecule has 5 nitrogen and oxygen atoms in total. The largest absolute Gasteiger partial charge is 0.384 e. The van der Waals surface area contributed by atoms with Crippen molar-refractivity contribution in [3.05, 3.63) is 34.9 Å². The summed E-state index contributed by atoms with van der Waals surface area (Å²) in [7, 11) is 0. The highest BCUT2D eigenvalue weighted by molar-refractivity contribution is 6.30. The van der Waals surface area contributed by atoms with E-state index in [9.17, 15) is 14.7 Å². The minimum Gasteiger partial charge on any atom is -0.384 e. The van der Waals surface area contributed by atoms with Crippen molar-refractivity contribution in [2.75, 3.05) is 19.6 Å². The number of hydrogen-bond acceptors (Lipinski definition) is 3. The van der Waals surface area contributed by atoms with E-state index in [0.717, 1.165) is 31.2 Å². The van der Waals surface area contributed by atoms with Gasteiger partial charge >= 0.3 is 0 Å². The van der Waals surface area contributed by atoms with E-state index < -0.39 is 11.0 Å². The molecule has 2 N–H and O–H groups in total. The number of halogens is 1. The highest BCUT2D eigenvalue weighted by atomic mass is 35.5. The number of hydrogen-bond donors (Lipinski definition) is 2. The van der Waals surface area contributed by atoms with Crippen molar-refractivity contribution in [1.82, 2.24) is 10.2 Å². The van der Waals surface area contributed by atoms with Crippen LogP contribution in [0.15, 0.2) is 24.3 Å². The smallest absolute Gasteiger partial charge is 0.227 e. The van der Waals surface area contributed by atoms with E-state index in [1.54, 1.807) is 12.1 Å². The van der Waals surface area contributed by atoms with Crippen LogP contribution in [0.1, 0.15) is 58.4 Å². The summed E-state index contributed by atoms with van der Waals surface area (Å²) >= 11 is 6.00. The Morgan fingerprint density at radius 2 is 1.86 bits per heavy atom. The number of nitrogens with zero attached hydrogens (tertiary/aromatic N) is 1. The first kappa shape index (κ1) is 22.1. The third-order valence-corrected chi connectivity index (χ3v) is 7.06. The highest BCUT2D eigenvalue weighted by Gasteiger charge is 2.49. The summed E-state index contributed by atoms with van der Waals surface area (Å²) in [6, 6.07) is 7.31. The Bertz CT molecular complexity index is 743. The third-order valence-electron chi connectivity index (χ3n) is 6.81. The first-order valence-electron chi connectivity index (χ1n) is 10.7. The molecule has 1 aromatic rings. The number of nitrogens with one attached hydrogen (secondary N) is 1. The van der Waals surface area contributed by atoms with E-state index in [2.05, 4.69) is 5.32 Å². The molecule has 3 rings (SSSR count). The van der Waals surface area contributed by atoms with Crippen LogP contribution in [0.25, 0.3) is 0 Å². The molecule has 2 fully saturated rings. The molecule has 0 bridgehead atoms. The van der Waals surface area contributed by atoms with E-state index in [-0.39, 0.29) is 23.7 Å². The number of piperidine rings is 1. The summed E-state index contributed by atoms with van der Waals surface area (Å²) in [6.45, 7) is 7.17. The van der Waals surface area contributed by atoms with Crippen molar-refractivity contribution in [3.63, 3.8) is 0 Å². The molecule has 6 heteroatoms. The Hall–Kier alpha value is -1.59. The number of aliphatic hydroxyl groups is 1. The van der Waals surface area contributed by atoms with E-state index in [1.165, 1.54) is 0 Å². The van der Waals surface area contributed by atoms with Gasteiger partial charge in [-0.25, -0.2) is 0 Å². The van der Waals surface area contributed by atoms with Crippen LogP contribution in [0.3, 0.4) is 0 Å². The van der Waals surface area contributed by atoms with E-state index >= 15 is 0 Å². The molecule has 1 aromatic carbocycles. The van der Waals surface area contributed by atoms with Gasteiger partial charge in [-0.15, -0.1) is 0 Å². The highest BCUT2D eigenvalue weighted by Crippen LogP contribution is 2.46. The molecule has 160 valence electrons. The molecule has 1 aliphatic heterocycles. The van der Waals surface area contributed by atoms with Crippen LogP contribution < -0.4 is 5.32 Å². The van der Waals surface area contributed by atoms with E-state index in [1.807, 2.05) is 37.8 Å². The number of likely N-dealkylation sites (tertiary alicyclic amines) is 1. The molecule has 1 heterocycles. The van der Waals surface area contributed by atoms with Crippen LogP contribution >= 0.6 is 11.6 Å². The molecular weight excluding hydrogens is 388 g/mol. The fourth-order valence-corrected chi connectivity index (χ4v) is 4.88. The molecule has 1 saturated heterocycles. The number of rotatable bonds is 5. The van der Waals surface area contributed by atoms with Gasteiger partial charge in [0.05, 0.1) is 11.5 Å². The molecule has 1 aliphatic carbocycles. The SMILES string of the molecule is C[C@@H](CNC(=O)C1CCCC1)C(=O)N1CC[C@](O)(c2ccc(Cl)cc2)C(C)(C)C1. The van der Waals surface area contributed by atoms with Crippen LogP contribution in [-0.4, -0.2) is 41.5 Å². The lowest BCUT2D eigenvalue weighted by Crippen LogP contribution is -2.57. The average Bonchev–Trinajstić information content (AvgIpc) is 3.22. The molecule has 0 unspecified atom stereocenters. The van der Waals surface area contributed by atoms with Crippen molar-refractivity contribution in [3.8, 4) is 0 Å². The molecule has 0 aromatic heterocycles. The summed E-state index contributed by atoms with van der Waals surface area (Å²) in [6.07, 6.45) is 4.61. The van der Waals surface area contributed by atoms with E-state index in [0.29, 0.717) is 31.1 Å². The minimum atomic E-state index is -1.02. The predicted octanol–water partition coefficient (Wildman–Crippen LogP) is 3.73. The van der Waals surface area contributed by atoms with Gasteiger partial charge < -0.3 is 15.3 Å². The van der Waals surface area contributed by atoms with Gasteiger partial charge in [-0.3, -0.25) is 9.59 Å². The molecule has 29 heavy (non-hydrogen) atoms. The van der Waals surface area contributed by atoms with E-state index in [4.69, 9.17) is 11.6 Å². The van der Waals surface area contributed by atoms with Gasteiger partial charge in [-0.2, -0.15) is 0 Å². The molecule has 0 spiro atoms. The molecule has 2 aliphatic rings. The van der Waals surface area contributed by atoms with Gasteiger partial charge in [0.25, 0.3) is 0 Å². The van der Waals surface area contributed by atoms with Gasteiger partial charge in [0.15, 0.2) is 0 Å². The average molecular weight is 421 g/mol. The molecular formula is C23H33ClN2O3. The lowest BCUT2D eigenvalue weighted by molar-refractivity contribution is -0.156. The predicted molar refractivity (Wildman–Crippen MR) is 114 cm³/mol. The first-order chi connectivity index (χ1) is 13.6.